The first kappa shape index (κ1) is 6.90. The minimum Gasteiger partial charge on any atom is -0.300 e. The first-order chi connectivity index (χ1) is 5.42. The van der Waals surface area contributed by atoms with Crippen molar-refractivity contribution in [3.8, 4) is 12.3 Å². The molecule has 1 atom stereocenters. The highest BCUT2D eigenvalue weighted by atomic mass is 32.1. The highest BCUT2D eigenvalue weighted by molar-refractivity contribution is 7.10. The van der Waals surface area contributed by atoms with Crippen LogP contribution in [0.1, 0.15) is 16.5 Å². The lowest BCUT2D eigenvalue weighted by molar-refractivity contribution is 0.602. The SMILES string of the molecule is C#C[C@H]1NCCc2sccc21. The number of thiophene rings is 1. The molecule has 2 heteroatoms. The lowest BCUT2D eigenvalue weighted by Crippen LogP contribution is -2.27. The van der Waals surface area contributed by atoms with Crippen molar-refractivity contribution in [3.05, 3.63) is 21.9 Å². The molecule has 0 aromatic carbocycles. The molecule has 0 unspecified atom stereocenters. The Bertz CT molecular complexity index is 295. The van der Waals surface area contributed by atoms with E-state index in [2.05, 4.69) is 22.7 Å². The molecule has 0 amide bonds. The molecule has 1 aromatic rings. The highest BCUT2D eigenvalue weighted by Crippen LogP contribution is 2.26. The van der Waals surface area contributed by atoms with E-state index < -0.39 is 0 Å². The average molecular weight is 163 g/mol. The molecule has 2 rings (SSSR count). The smallest absolute Gasteiger partial charge is 0.0954 e. The lowest BCUT2D eigenvalue weighted by atomic mass is 10.0. The van der Waals surface area contributed by atoms with Crippen LogP contribution in [0.25, 0.3) is 0 Å². The summed E-state index contributed by atoms with van der Waals surface area (Å²) < 4.78 is 0. The van der Waals surface area contributed by atoms with Gasteiger partial charge in [0.05, 0.1) is 6.04 Å². The zero-order valence-corrected chi connectivity index (χ0v) is 6.95. The van der Waals surface area contributed by atoms with Gasteiger partial charge in [-0.2, -0.15) is 0 Å². The lowest BCUT2D eigenvalue weighted by Gasteiger charge is -2.18. The number of hydrogen-bond donors (Lipinski definition) is 1. The fraction of sp³-hybridized carbons (Fsp3) is 0.333. The molecule has 0 saturated heterocycles. The predicted molar refractivity (Wildman–Crippen MR) is 47.6 cm³/mol. The normalized spacial score (nSPS) is 22.3. The molecule has 2 heterocycles. The van der Waals surface area contributed by atoms with Gasteiger partial charge in [-0.05, 0) is 23.4 Å². The van der Waals surface area contributed by atoms with Crippen molar-refractivity contribution < 1.29 is 0 Å². The summed E-state index contributed by atoms with van der Waals surface area (Å²) in [4.78, 5) is 1.45. The highest BCUT2D eigenvalue weighted by Gasteiger charge is 2.17. The van der Waals surface area contributed by atoms with Gasteiger partial charge in [-0.25, -0.2) is 0 Å². The van der Waals surface area contributed by atoms with Gasteiger partial charge in [-0.1, -0.05) is 5.92 Å². The molecule has 0 spiro atoms. The van der Waals surface area contributed by atoms with Crippen molar-refractivity contribution in [2.45, 2.75) is 12.5 Å². The molecule has 56 valence electrons. The van der Waals surface area contributed by atoms with Crippen LogP contribution in [-0.4, -0.2) is 6.54 Å². The summed E-state index contributed by atoms with van der Waals surface area (Å²) in [6.07, 6.45) is 6.50. The van der Waals surface area contributed by atoms with Gasteiger partial charge >= 0.3 is 0 Å². The molecule has 0 saturated carbocycles. The van der Waals surface area contributed by atoms with E-state index in [-0.39, 0.29) is 6.04 Å². The quantitative estimate of drug-likeness (QED) is 0.572. The summed E-state index contributed by atoms with van der Waals surface area (Å²) in [6, 6.07) is 2.28. The molecule has 1 aliphatic rings. The third-order valence-corrected chi connectivity index (χ3v) is 2.95. The van der Waals surface area contributed by atoms with E-state index in [4.69, 9.17) is 6.42 Å². The van der Waals surface area contributed by atoms with E-state index in [1.54, 1.807) is 0 Å². The van der Waals surface area contributed by atoms with Crippen molar-refractivity contribution >= 4 is 11.3 Å². The standard InChI is InChI=1S/C9H9NS/c1-2-8-7-4-6-11-9(7)3-5-10-8/h1,4,6,8,10H,3,5H2/t8-/m1/s1. The van der Waals surface area contributed by atoms with E-state index in [0.29, 0.717) is 0 Å². The van der Waals surface area contributed by atoms with Crippen molar-refractivity contribution in [1.29, 1.82) is 0 Å². The maximum Gasteiger partial charge on any atom is 0.0954 e. The van der Waals surface area contributed by atoms with Crippen LogP contribution in [-0.2, 0) is 6.42 Å². The topological polar surface area (TPSA) is 12.0 Å². The molecule has 1 aromatic heterocycles. The minimum atomic E-state index is 0.157. The summed E-state index contributed by atoms with van der Waals surface area (Å²) in [7, 11) is 0. The number of nitrogens with one attached hydrogen (secondary N) is 1. The second kappa shape index (κ2) is 2.69. The van der Waals surface area contributed by atoms with Crippen molar-refractivity contribution in [2.24, 2.45) is 0 Å². The Labute approximate surface area is 70.4 Å². The fourth-order valence-corrected chi connectivity index (χ4v) is 2.32. The first-order valence-corrected chi connectivity index (χ1v) is 4.55. The largest absolute Gasteiger partial charge is 0.300 e. The van der Waals surface area contributed by atoms with E-state index in [9.17, 15) is 0 Å². The molecule has 0 fully saturated rings. The average Bonchev–Trinajstić information content (AvgIpc) is 2.50. The van der Waals surface area contributed by atoms with Gasteiger partial charge in [-0.15, -0.1) is 17.8 Å². The van der Waals surface area contributed by atoms with Crippen LogP contribution in [0.15, 0.2) is 11.4 Å². The van der Waals surface area contributed by atoms with E-state index in [1.807, 2.05) is 11.3 Å². The van der Waals surface area contributed by atoms with Gasteiger partial charge in [-0.3, -0.25) is 5.32 Å². The zero-order chi connectivity index (χ0) is 7.68. The first-order valence-electron chi connectivity index (χ1n) is 3.67. The second-order valence-corrected chi connectivity index (χ2v) is 3.60. The van der Waals surface area contributed by atoms with Gasteiger partial charge in [0.1, 0.15) is 0 Å². The van der Waals surface area contributed by atoms with Crippen LogP contribution in [0.3, 0.4) is 0 Å². The van der Waals surface area contributed by atoms with Crippen LogP contribution in [0.2, 0.25) is 0 Å². The number of hydrogen-bond acceptors (Lipinski definition) is 2. The zero-order valence-electron chi connectivity index (χ0n) is 6.13. The summed E-state index contributed by atoms with van der Waals surface area (Å²) >= 11 is 1.81. The Morgan fingerprint density at radius 3 is 3.45 bits per heavy atom. The molecule has 1 N–H and O–H groups in total. The summed E-state index contributed by atoms with van der Waals surface area (Å²) in [6.45, 7) is 1.02. The molecule has 0 aliphatic carbocycles. The van der Waals surface area contributed by atoms with E-state index >= 15 is 0 Å². The van der Waals surface area contributed by atoms with Gasteiger partial charge in [0.2, 0.25) is 0 Å². The minimum absolute atomic E-state index is 0.157. The summed E-state index contributed by atoms with van der Waals surface area (Å²) in [5.74, 6) is 2.74. The summed E-state index contributed by atoms with van der Waals surface area (Å²) in [5.41, 5.74) is 1.31. The molecule has 1 aliphatic heterocycles. The van der Waals surface area contributed by atoms with E-state index in [0.717, 1.165) is 13.0 Å². The number of rotatable bonds is 0. The van der Waals surface area contributed by atoms with Crippen LogP contribution in [0, 0.1) is 12.3 Å². The van der Waals surface area contributed by atoms with Gasteiger partial charge < -0.3 is 0 Å². The molecule has 0 bridgehead atoms. The monoisotopic (exact) mass is 163 g/mol. The second-order valence-electron chi connectivity index (χ2n) is 2.60. The number of terminal acetylenes is 1. The molecule has 1 nitrogen and oxygen atoms in total. The van der Waals surface area contributed by atoms with Crippen LogP contribution >= 0.6 is 11.3 Å². The van der Waals surface area contributed by atoms with Gasteiger partial charge in [0, 0.05) is 11.4 Å². The van der Waals surface area contributed by atoms with Crippen molar-refractivity contribution in [2.75, 3.05) is 6.54 Å². The van der Waals surface area contributed by atoms with E-state index in [1.165, 1.54) is 10.4 Å². The molecule has 0 radical (unpaired) electrons. The molecular formula is C9H9NS. The van der Waals surface area contributed by atoms with Crippen LogP contribution in [0.5, 0.6) is 0 Å². The molecular weight excluding hydrogens is 154 g/mol. The fourth-order valence-electron chi connectivity index (χ4n) is 1.40. The third kappa shape index (κ3) is 1.07. The van der Waals surface area contributed by atoms with Crippen LogP contribution in [0.4, 0.5) is 0 Å². The van der Waals surface area contributed by atoms with Crippen molar-refractivity contribution in [3.63, 3.8) is 0 Å². The Balaban J connectivity index is 2.41. The Kier molecular flexibility index (Phi) is 1.69. The Hall–Kier alpha value is -0.780. The van der Waals surface area contributed by atoms with Crippen LogP contribution < -0.4 is 5.32 Å². The predicted octanol–water partition coefficient (Wildman–Crippen LogP) is 1.57. The third-order valence-electron chi connectivity index (χ3n) is 1.96. The van der Waals surface area contributed by atoms with Crippen molar-refractivity contribution in [1.82, 2.24) is 5.32 Å². The number of fused-ring (bicyclic) bond motifs is 1. The molecule has 11 heavy (non-hydrogen) atoms. The van der Waals surface area contributed by atoms with Gasteiger partial charge in [0.25, 0.3) is 0 Å². The summed E-state index contributed by atoms with van der Waals surface area (Å²) in [5, 5.41) is 5.39. The maximum absolute atomic E-state index is 5.37. The Morgan fingerprint density at radius 2 is 2.64 bits per heavy atom. The Morgan fingerprint density at radius 1 is 1.73 bits per heavy atom. The van der Waals surface area contributed by atoms with Gasteiger partial charge in [0.15, 0.2) is 0 Å². The maximum atomic E-state index is 5.37.